The Morgan fingerprint density at radius 1 is 1.17 bits per heavy atom. The minimum Gasteiger partial charge on any atom is -0.356 e. The quantitative estimate of drug-likeness (QED) is 0.572. The highest BCUT2D eigenvalue weighted by molar-refractivity contribution is 6.04. The molecule has 0 heterocycles. The summed E-state index contributed by atoms with van der Waals surface area (Å²) in [5, 5.41) is 5.67. The molecule has 5 heteroatoms. The molecule has 0 saturated heterocycles. The summed E-state index contributed by atoms with van der Waals surface area (Å²) in [6.07, 6.45) is 0.726. The first-order chi connectivity index (χ1) is 10.8. The van der Waals surface area contributed by atoms with Crippen LogP contribution >= 0.6 is 0 Å². The molecule has 0 unspecified atom stereocenters. The average Bonchev–Trinajstić information content (AvgIpc) is 2.45. The summed E-state index contributed by atoms with van der Waals surface area (Å²) < 4.78 is 0. The summed E-state index contributed by atoms with van der Waals surface area (Å²) in [7, 11) is 3.98. The summed E-state index contributed by atoms with van der Waals surface area (Å²) in [5.74, 6) is -0.197. The molecule has 23 heavy (non-hydrogen) atoms. The third-order valence-corrected chi connectivity index (χ3v) is 3.62. The normalized spacial score (nSPS) is 10.9. The fourth-order valence-electron chi connectivity index (χ4n) is 2.36. The number of hydrogen-bond donors (Lipinski definition) is 2. The summed E-state index contributed by atoms with van der Waals surface area (Å²) in [4.78, 5) is 26.0. The van der Waals surface area contributed by atoms with Gasteiger partial charge in [-0.25, -0.2) is 0 Å². The molecule has 0 bridgehead atoms. The van der Waals surface area contributed by atoms with Gasteiger partial charge in [0.25, 0.3) is 0 Å². The number of carbonyl (C=O) groups excluding carboxylic acids is 2. The van der Waals surface area contributed by atoms with Crippen LogP contribution in [0.15, 0.2) is 18.2 Å². The van der Waals surface area contributed by atoms with Crippen molar-refractivity contribution in [3.05, 3.63) is 29.3 Å². The molecule has 1 aromatic rings. The Balaban J connectivity index is 2.52. The fourth-order valence-corrected chi connectivity index (χ4v) is 2.36. The molecule has 0 aromatic heterocycles. The summed E-state index contributed by atoms with van der Waals surface area (Å²) in [5.41, 5.74) is 2.92. The lowest BCUT2D eigenvalue weighted by Gasteiger charge is -2.16. The lowest BCUT2D eigenvalue weighted by Crippen LogP contribution is -2.30. The van der Waals surface area contributed by atoms with E-state index in [1.54, 1.807) is 0 Å². The van der Waals surface area contributed by atoms with Crippen molar-refractivity contribution in [2.24, 2.45) is 0 Å². The van der Waals surface area contributed by atoms with Crippen molar-refractivity contribution in [2.75, 3.05) is 32.5 Å². The van der Waals surface area contributed by atoms with Gasteiger partial charge in [-0.05, 0) is 51.0 Å². The van der Waals surface area contributed by atoms with Crippen molar-refractivity contribution in [3.63, 3.8) is 0 Å². The van der Waals surface area contributed by atoms with E-state index in [9.17, 15) is 9.59 Å². The van der Waals surface area contributed by atoms with Crippen LogP contribution in [-0.4, -0.2) is 43.9 Å². The molecule has 2 N–H and O–H groups in total. The number of nitrogens with one attached hydrogen (secondary N) is 2. The fraction of sp³-hybridized carbons (Fsp3) is 0.556. The molecule has 128 valence electrons. The number of benzene rings is 1. The Morgan fingerprint density at radius 2 is 1.87 bits per heavy atom. The second kappa shape index (κ2) is 9.30. The first kappa shape index (κ1) is 19.2. The van der Waals surface area contributed by atoms with Crippen molar-refractivity contribution in [2.45, 2.75) is 39.5 Å². The van der Waals surface area contributed by atoms with Gasteiger partial charge in [0.2, 0.25) is 11.8 Å². The Kier molecular flexibility index (Phi) is 7.75. The molecule has 0 aliphatic carbocycles. The number of hydrogen-bond acceptors (Lipinski definition) is 3. The van der Waals surface area contributed by atoms with Gasteiger partial charge in [0.15, 0.2) is 0 Å². The van der Waals surface area contributed by atoms with Crippen LogP contribution in [0.1, 0.15) is 43.7 Å². The number of para-hydroxylation sites is 1. The molecular weight excluding hydrogens is 290 g/mol. The minimum absolute atomic E-state index is 0.145. The van der Waals surface area contributed by atoms with E-state index in [1.807, 2.05) is 39.2 Å². The predicted molar refractivity (Wildman–Crippen MR) is 94.7 cm³/mol. The smallest absolute Gasteiger partial charge is 0.233 e. The van der Waals surface area contributed by atoms with Crippen LogP contribution in [0.2, 0.25) is 0 Å². The van der Waals surface area contributed by atoms with Gasteiger partial charge < -0.3 is 15.5 Å². The molecule has 5 nitrogen and oxygen atoms in total. The Hall–Kier alpha value is -1.88. The van der Waals surface area contributed by atoms with Crippen LogP contribution in [0.3, 0.4) is 0 Å². The SMILES string of the molecule is Cc1cccc(C(C)C)c1NC(=O)CC(=O)NCCCN(C)C. The van der Waals surface area contributed by atoms with Crippen LogP contribution in [-0.2, 0) is 9.59 Å². The highest BCUT2D eigenvalue weighted by Crippen LogP contribution is 2.27. The van der Waals surface area contributed by atoms with Crippen molar-refractivity contribution >= 4 is 17.5 Å². The highest BCUT2D eigenvalue weighted by Gasteiger charge is 2.14. The van der Waals surface area contributed by atoms with Crippen molar-refractivity contribution in [1.29, 1.82) is 0 Å². The van der Waals surface area contributed by atoms with Gasteiger partial charge >= 0.3 is 0 Å². The monoisotopic (exact) mass is 319 g/mol. The van der Waals surface area contributed by atoms with E-state index in [-0.39, 0.29) is 18.2 Å². The number of carbonyl (C=O) groups is 2. The van der Waals surface area contributed by atoms with E-state index in [0.29, 0.717) is 12.5 Å². The van der Waals surface area contributed by atoms with E-state index in [1.165, 1.54) is 0 Å². The van der Waals surface area contributed by atoms with Crippen molar-refractivity contribution < 1.29 is 9.59 Å². The Labute approximate surface area is 139 Å². The van der Waals surface area contributed by atoms with Crippen LogP contribution in [0, 0.1) is 6.92 Å². The van der Waals surface area contributed by atoms with E-state index in [4.69, 9.17) is 0 Å². The highest BCUT2D eigenvalue weighted by atomic mass is 16.2. The van der Waals surface area contributed by atoms with Crippen molar-refractivity contribution in [3.8, 4) is 0 Å². The van der Waals surface area contributed by atoms with Gasteiger partial charge in [0.05, 0.1) is 0 Å². The maximum atomic E-state index is 12.1. The first-order valence-electron chi connectivity index (χ1n) is 8.12. The summed E-state index contributed by atoms with van der Waals surface area (Å²) >= 11 is 0. The van der Waals surface area contributed by atoms with Crippen molar-refractivity contribution in [1.82, 2.24) is 10.2 Å². The molecule has 0 aliphatic rings. The molecule has 0 atom stereocenters. The topological polar surface area (TPSA) is 61.4 Å². The molecule has 0 radical (unpaired) electrons. The molecule has 0 aliphatic heterocycles. The lowest BCUT2D eigenvalue weighted by molar-refractivity contribution is -0.126. The molecule has 1 aromatic carbocycles. The van der Waals surface area contributed by atoms with Gasteiger partial charge in [-0.15, -0.1) is 0 Å². The largest absolute Gasteiger partial charge is 0.356 e. The molecule has 0 fully saturated rings. The van der Waals surface area contributed by atoms with E-state index in [0.717, 1.165) is 29.8 Å². The minimum atomic E-state index is -0.272. The summed E-state index contributed by atoms with van der Waals surface area (Å²) in [6.45, 7) is 7.63. The zero-order valence-corrected chi connectivity index (χ0v) is 14.9. The zero-order valence-electron chi connectivity index (χ0n) is 14.9. The third-order valence-electron chi connectivity index (χ3n) is 3.62. The van der Waals surface area contributed by atoms with Crippen LogP contribution in [0.5, 0.6) is 0 Å². The number of amides is 2. The third kappa shape index (κ3) is 6.82. The number of rotatable bonds is 8. The number of anilines is 1. The van der Waals surface area contributed by atoms with Gasteiger partial charge in [-0.3, -0.25) is 9.59 Å². The Morgan fingerprint density at radius 3 is 2.48 bits per heavy atom. The predicted octanol–water partition coefficient (Wildman–Crippen LogP) is 2.51. The van der Waals surface area contributed by atoms with Crippen LogP contribution < -0.4 is 10.6 Å². The molecule has 1 rings (SSSR count). The molecular formula is C18H29N3O2. The van der Waals surface area contributed by atoms with E-state index in [2.05, 4.69) is 29.4 Å². The maximum Gasteiger partial charge on any atom is 0.233 e. The molecule has 0 saturated carbocycles. The van der Waals surface area contributed by atoms with Crippen LogP contribution in [0.25, 0.3) is 0 Å². The number of nitrogens with zero attached hydrogens (tertiary/aromatic N) is 1. The maximum absolute atomic E-state index is 12.1. The number of aryl methyl sites for hydroxylation is 1. The van der Waals surface area contributed by atoms with Gasteiger partial charge in [-0.2, -0.15) is 0 Å². The second-order valence-corrected chi connectivity index (χ2v) is 6.43. The van der Waals surface area contributed by atoms with Crippen LogP contribution in [0.4, 0.5) is 5.69 Å². The Bertz CT molecular complexity index is 539. The van der Waals surface area contributed by atoms with Gasteiger partial charge in [0.1, 0.15) is 6.42 Å². The molecule has 2 amide bonds. The lowest BCUT2D eigenvalue weighted by atomic mass is 9.98. The van der Waals surface area contributed by atoms with E-state index < -0.39 is 0 Å². The average molecular weight is 319 g/mol. The van der Waals surface area contributed by atoms with E-state index >= 15 is 0 Å². The van der Waals surface area contributed by atoms with Gasteiger partial charge in [-0.1, -0.05) is 32.0 Å². The second-order valence-electron chi connectivity index (χ2n) is 6.43. The van der Waals surface area contributed by atoms with Gasteiger partial charge in [0, 0.05) is 12.2 Å². The zero-order chi connectivity index (χ0) is 17.4. The summed E-state index contributed by atoms with van der Waals surface area (Å²) in [6, 6.07) is 5.95. The standard InChI is InChI=1S/C18H29N3O2/c1-13(2)15-9-6-8-14(3)18(15)20-17(23)12-16(22)19-10-7-11-21(4)5/h6,8-9,13H,7,10-12H2,1-5H3,(H,19,22)(H,20,23). The molecule has 0 spiro atoms. The first-order valence-corrected chi connectivity index (χ1v) is 8.12.